The highest BCUT2D eigenvalue weighted by Gasteiger charge is 2.20. The van der Waals surface area contributed by atoms with E-state index < -0.39 is 6.04 Å². The molecule has 0 bridgehead atoms. The van der Waals surface area contributed by atoms with Crippen LogP contribution in [-0.2, 0) is 0 Å². The zero-order chi connectivity index (χ0) is 25.9. The third-order valence-electron chi connectivity index (χ3n) is 5.97. The topological polar surface area (TPSA) is 145 Å². The van der Waals surface area contributed by atoms with Crippen molar-refractivity contribution in [3.63, 3.8) is 0 Å². The highest BCUT2D eigenvalue weighted by Crippen LogP contribution is 2.31. The number of nitrogens with one attached hydrogen (secondary N) is 1. The largest absolute Gasteiger partial charge is 0.480 e. The number of methoxy groups -OCH3 is 1. The summed E-state index contributed by atoms with van der Waals surface area (Å²) < 4.78 is 6.90. The summed E-state index contributed by atoms with van der Waals surface area (Å²) in [4.78, 5) is 22.3. The lowest BCUT2D eigenvalue weighted by Crippen LogP contribution is -2.26. The molecule has 0 amide bonds. The van der Waals surface area contributed by atoms with Crippen LogP contribution in [0.2, 0.25) is 0 Å². The minimum Gasteiger partial charge on any atom is -0.480 e. The van der Waals surface area contributed by atoms with E-state index in [1.165, 1.54) is 13.3 Å². The van der Waals surface area contributed by atoms with Gasteiger partial charge in [-0.1, -0.05) is 36.4 Å². The van der Waals surface area contributed by atoms with Crippen LogP contribution in [0.4, 0.5) is 11.8 Å². The standard InChI is InChI=1S/C27H22N8O2/c1-16(32-25-19(13-28)14-30-27(29)33-25)22-11-17-7-6-10-21(18-12-23(37-2)34-31-15-18)24(17)26(36)35(22)20-8-4-3-5-9-20/h3-12,14-16H,1-2H3,(H3,29,30,32,33)/t16-/m0/s1. The Morgan fingerprint density at radius 3 is 2.68 bits per heavy atom. The van der Waals surface area contributed by atoms with E-state index in [0.29, 0.717) is 39.6 Å². The van der Waals surface area contributed by atoms with Gasteiger partial charge in [0.25, 0.3) is 5.56 Å². The minimum atomic E-state index is -0.426. The van der Waals surface area contributed by atoms with Crippen LogP contribution in [0.3, 0.4) is 0 Å². The smallest absolute Gasteiger partial charge is 0.263 e. The number of nitrogens with two attached hydrogens (primary N) is 1. The van der Waals surface area contributed by atoms with E-state index in [9.17, 15) is 10.1 Å². The first-order valence-electron chi connectivity index (χ1n) is 11.4. The van der Waals surface area contributed by atoms with Gasteiger partial charge in [0, 0.05) is 23.0 Å². The maximum atomic E-state index is 14.2. The second-order valence-electron chi connectivity index (χ2n) is 8.27. The normalized spacial score (nSPS) is 11.6. The van der Waals surface area contributed by atoms with Gasteiger partial charge in [0.1, 0.15) is 17.5 Å². The molecule has 10 nitrogen and oxygen atoms in total. The number of pyridine rings is 1. The second-order valence-corrected chi connectivity index (χ2v) is 8.27. The summed E-state index contributed by atoms with van der Waals surface area (Å²) >= 11 is 0. The molecule has 5 rings (SSSR count). The van der Waals surface area contributed by atoms with Gasteiger partial charge in [-0.2, -0.15) is 15.3 Å². The van der Waals surface area contributed by atoms with Crippen LogP contribution in [0.1, 0.15) is 24.2 Å². The molecule has 0 saturated heterocycles. The molecule has 0 fully saturated rings. The Hall–Kier alpha value is -5.30. The van der Waals surface area contributed by atoms with Crippen molar-refractivity contribution in [3.05, 3.63) is 94.7 Å². The number of nitrogen functional groups attached to an aromatic ring is 1. The summed E-state index contributed by atoms with van der Waals surface area (Å²) in [5.41, 5.74) is 8.59. The molecule has 0 saturated carbocycles. The molecule has 5 aromatic rings. The van der Waals surface area contributed by atoms with Gasteiger partial charge in [-0.3, -0.25) is 9.36 Å². The number of aromatic nitrogens is 5. The Bertz CT molecular complexity index is 1710. The summed E-state index contributed by atoms with van der Waals surface area (Å²) in [6.07, 6.45) is 2.97. The van der Waals surface area contributed by atoms with Crippen LogP contribution >= 0.6 is 0 Å². The van der Waals surface area contributed by atoms with Gasteiger partial charge in [0.05, 0.1) is 30.9 Å². The van der Waals surface area contributed by atoms with Crippen molar-refractivity contribution in [1.29, 1.82) is 5.26 Å². The molecule has 3 heterocycles. The highest BCUT2D eigenvalue weighted by molar-refractivity contribution is 5.96. The zero-order valence-electron chi connectivity index (χ0n) is 20.1. The number of nitriles is 1. The van der Waals surface area contributed by atoms with E-state index in [4.69, 9.17) is 10.5 Å². The van der Waals surface area contributed by atoms with Crippen LogP contribution in [0.5, 0.6) is 5.88 Å². The fourth-order valence-corrected chi connectivity index (χ4v) is 4.25. The number of ether oxygens (including phenoxy) is 1. The van der Waals surface area contributed by atoms with Gasteiger partial charge < -0.3 is 15.8 Å². The average Bonchev–Trinajstić information content (AvgIpc) is 2.93. The predicted molar refractivity (Wildman–Crippen MR) is 140 cm³/mol. The fraction of sp³-hybridized carbons (Fsp3) is 0.111. The van der Waals surface area contributed by atoms with Gasteiger partial charge in [0.2, 0.25) is 11.8 Å². The molecular formula is C27H22N8O2. The average molecular weight is 491 g/mol. The Morgan fingerprint density at radius 2 is 1.92 bits per heavy atom. The number of anilines is 2. The van der Waals surface area contributed by atoms with Crippen molar-refractivity contribution in [2.24, 2.45) is 0 Å². The number of para-hydroxylation sites is 1. The predicted octanol–water partition coefficient (Wildman–Crippen LogP) is 3.87. The molecule has 3 aromatic heterocycles. The molecule has 10 heteroatoms. The van der Waals surface area contributed by atoms with Gasteiger partial charge in [-0.15, -0.1) is 5.10 Å². The molecule has 0 spiro atoms. The molecule has 0 radical (unpaired) electrons. The molecule has 0 aliphatic carbocycles. The van der Waals surface area contributed by atoms with Gasteiger partial charge in [-0.25, -0.2) is 4.98 Å². The molecule has 0 aliphatic heterocycles. The van der Waals surface area contributed by atoms with Crippen molar-refractivity contribution in [2.75, 3.05) is 18.2 Å². The second kappa shape index (κ2) is 9.75. The summed E-state index contributed by atoms with van der Waals surface area (Å²) in [7, 11) is 1.52. The number of benzene rings is 2. The third-order valence-corrected chi connectivity index (χ3v) is 5.97. The summed E-state index contributed by atoms with van der Waals surface area (Å²) in [6.45, 7) is 1.89. The molecular weight excluding hydrogens is 468 g/mol. The lowest BCUT2D eigenvalue weighted by Gasteiger charge is -2.22. The molecule has 3 N–H and O–H groups in total. The van der Waals surface area contributed by atoms with Crippen LogP contribution < -0.4 is 21.3 Å². The molecule has 0 aliphatic rings. The van der Waals surface area contributed by atoms with Crippen molar-refractivity contribution >= 4 is 22.5 Å². The van der Waals surface area contributed by atoms with Gasteiger partial charge in [0.15, 0.2) is 0 Å². The van der Waals surface area contributed by atoms with Crippen molar-refractivity contribution < 1.29 is 4.74 Å². The van der Waals surface area contributed by atoms with Crippen molar-refractivity contribution in [3.8, 4) is 28.8 Å². The number of hydrogen-bond acceptors (Lipinski definition) is 9. The third kappa shape index (κ3) is 4.41. The minimum absolute atomic E-state index is 0.0405. The van der Waals surface area contributed by atoms with Crippen LogP contribution in [0.15, 0.2) is 77.9 Å². The van der Waals surface area contributed by atoms with E-state index in [1.54, 1.807) is 16.8 Å². The summed E-state index contributed by atoms with van der Waals surface area (Å²) in [5, 5.41) is 22.0. The van der Waals surface area contributed by atoms with Crippen LogP contribution in [-0.4, -0.2) is 31.8 Å². The molecule has 1 atom stereocenters. The summed E-state index contributed by atoms with van der Waals surface area (Å²) in [6, 6.07) is 20.4. The maximum Gasteiger partial charge on any atom is 0.263 e. The van der Waals surface area contributed by atoms with E-state index >= 15 is 0 Å². The first kappa shape index (κ1) is 23.4. The monoisotopic (exact) mass is 490 g/mol. The summed E-state index contributed by atoms with van der Waals surface area (Å²) in [5.74, 6) is 0.682. The number of nitrogens with zero attached hydrogens (tertiary/aromatic N) is 6. The molecule has 37 heavy (non-hydrogen) atoms. The van der Waals surface area contributed by atoms with Crippen molar-refractivity contribution in [1.82, 2.24) is 24.7 Å². The van der Waals surface area contributed by atoms with Crippen LogP contribution in [0.25, 0.3) is 27.6 Å². The molecule has 2 aromatic carbocycles. The Labute approximate surface area is 212 Å². The number of hydrogen-bond donors (Lipinski definition) is 2. The number of fused-ring (bicyclic) bond motifs is 1. The number of rotatable bonds is 6. The lowest BCUT2D eigenvalue weighted by atomic mass is 9.99. The fourth-order valence-electron chi connectivity index (χ4n) is 4.25. The molecule has 0 unspecified atom stereocenters. The van der Waals surface area contributed by atoms with Crippen molar-refractivity contribution in [2.45, 2.75) is 13.0 Å². The van der Waals surface area contributed by atoms with Gasteiger partial charge in [-0.05, 0) is 36.1 Å². The maximum absolute atomic E-state index is 14.2. The zero-order valence-corrected chi connectivity index (χ0v) is 20.1. The Balaban J connectivity index is 1.74. The SMILES string of the molecule is COc1cc(-c2cccc3cc([C@H](C)Nc4nc(N)ncc4C#N)n(-c4ccccc4)c(=O)c23)cnn1. The first-order chi connectivity index (χ1) is 18.0. The first-order valence-corrected chi connectivity index (χ1v) is 11.4. The Morgan fingerprint density at radius 1 is 1.11 bits per heavy atom. The van der Waals surface area contributed by atoms with E-state index in [1.807, 2.05) is 61.5 Å². The lowest BCUT2D eigenvalue weighted by molar-refractivity contribution is 0.392. The van der Waals surface area contributed by atoms with Crippen LogP contribution in [0, 0.1) is 11.3 Å². The Kier molecular flexibility index (Phi) is 6.18. The van der Waals surface area contributed by atoms with Gasteiger partial charge >= 0.3 is 0 Å². The molecule has 182 valence electrons. The highest BCUT2D eigenvalue weighted by atomic mass is 16.5. The van der Waals surface area contributed by atoms with E-state index in [-0.39, 0.29) is 17.1 Å². The van der Waals surface area contributed by atoms with E-state index in [2.05, 4.69) is 31.6 Å². The van der Waals surface area contributed by atoms with E-state index in [0.717, 1.165) is 5.39 Å². The quantitative estimate of drug-likeness (QED) is 0.362.